The molecular weight excluding hydrogens is 220 g/mol. The smallest absolute Gasteiger partial charge is 0.321 e. The van der Waals surface area contributed by atoms with Crippen LogP contribution in [0.3, 0.4) is 0 Å². The minimum Gasteiger partial charge on any atom is -0.462 e. The normalized spacial score (nSPS) is 14.6. The molecule has 0 aliphatic carbocycles. The van der Waals surface area contributed by atoms with Crippen molar-refractivity contribution in [3.63, 3.8) is 0 Å². The quantitative estimate of drug-likeness (QED) is 0.464. The summed E-state index contributed by atoms with van der Waals surface area (Å²) in [5, 5.41) is 7.90. The van der Waals surface area contributed by atoms with E-state index in [4.69, 9.17) is 14.6 Å². The third kappa shape index (κ3) is 6.59. The highest BCUT2D eigenvalue weighted by molar-refractivity contribution is 7.86. The van der Waals surface area contributed by atoms with Gasteiger partial charge in [-0.2, -0.15) is 0 Å². The van der Waals surface area contributed by atoms with Crippen molar-refractivity contribution in [2.24, 2.45) is 0 Å². The first-order valence-electron chi connectivity index (χ1n) is 4.77. The Bertz CT molecular complexity index is 207. The van der Waals surface area contributed by atoms with Crippen LogP contribution < -0.4 is 0 Å². The van der Waals surface area contributed by atoms with E-state index in [0.29, 0.717) is 18.8 Å². The summed E-state index contributed by atoms with van der Waals surface area (Å²) >= 11 is 0. The number of hydrogen-bond donors (Lipinski definition) is 1. The van der Waals surface area contributed by atoms with Crippen molar-refractivity contribution in [1.29, 1.82) is 0 Å². The van der Waals surface area contributed by atoms with Crippen LogP contribution in [-0.4, -0.2) is 53.2 Å². The molecule has 0 fully saturated rings. The summed E-state index contributed by atoms with van der Waals surface area (Å²) in [6.07, 6.45) is 0.433. The Balaban J connectivity index is 3.80. The SMILES string of the molecule is COCCOC(=O)C(C)S(=O)CCCO. The summed E-state index contributed by atoms with van der Waals surface area (Å²) in [5.41, 5.74) is 0. The molecule has 0 heterocycles. The van der Waals surface area contributed by atoms with Gasteiger partial charge in [0.25, 0.3) is 0 Å². The van der Waals surface area contributed by atoms with Crippen LogP contribution >= 0.6 is 0 Å². The molecule has 2 atom stereocenters. The highest BCUT2D eigenvalue weighted by Gasteiger charge is 2.20. The van der Waals surface area contributed by atoms with E-state index in [-0.39, 0.29) is 13.2 Å². The average molecular weight is 238 g/mol. The summed E-state index contributed by atoms with van der Waals surface area (Å²) in [6, 6.07) is 0. The standard InChI is InChI=1S/C9H18O5S/c1-8(15(12)7-3-4-10)9(11)14-6-5-13-2/h8,10H,3-7H2,1-2H3. The lowest BCUT2D eigenvalue weighted by Gasteiger charge is -2.10. The zero-order chi connectivity index (χ0) is 11.7. The summed E-state index contributed by atoms with van der Waals surface area (Å²) in [4.78, 5) is 11.3. The van der Waals surface area contributed by atoms with E-state index >= 15 is 0 Å². The lowest BCUT2D eigenvalue weighted by Crippen LogP contribution is -2.27. The molecule has 0 amide bonds. The Morgan fingerprint density at radius 3 is 2.67 bits per heavy atom. The van der Waals surface area contributed by atoms with Crippen molar-refractivity contribution < 1.29 is 23.6 Å². The van der Waals surface area contributed by atoms with Crippen LogP contribution in [0.25, 0.3) is 0 Å². The van der Waals surface area contributed by atoms with Crippen molar-refractivity contribution in [3.05, 3.63) is 0 Å². The Labute approximate surface area is 92.2 Å². The van der Waals surface area contributed by atoms with E-state index in [9.17, 15) is 9.00 Å². The molecular formula is C9H18O5S. The molecule has 0 rings (SSSR count). The van der Waals surface area contributed by atoms with Gasteiger partial charge in [-0.1, -0.05) is 0 Å². The zero-order valence-electron chi connectivity index (χ0n) is 9.10. The van der Waals surface area contributed by atoms with Crippen LogP contribution in [-0.2, 0) is 25.1 Å². The predicted octanol–water partition coefficient (Wildman–Crippen LogP) is -0.304. The van der Waals surface area contributed by atoms with Gasteiger partial charge in [0.15, 0.2) is 0 Å². The summed E-state index contributed by atoms with van der Waals surface area (Å²) in [7, 11) is 0.235. The third-order valence-electron chi connectivity index (χ3n) is 1.76. The van der Waals surface area contributed by atoms with E-state index in [1.54, 1.807) is 6.92 Å². The minimum absolute atomic E-state index is 0.0167. The first kappa shape index (κ1) is 14.5. The number of aliphatic hydroxyl groups is 1. The molecule has 0 aliphatic rings. The molecule has 0 radical (unpaired) electrons. The second-order valence-electron chi connectivity index (χ2n) is 2.96. The van der Waals surface area contributed by atoms with Crippen LogP contribution in [0.4, 0.5) is 0 Å². The van der Waals surface area contributed by atoms with Crippen molar-refractivity contribution in [1.82, 2.24) is 0 Å². The molecule has 0 saturated heterocycles. The second kappa shape index (κ2) is 8.82. The molecule has 0 aliphatic heterocycles. The number of carbonyl (C=O) groups is 1. The highest BCUT2D eigenvalue weighted by atomic mass is 32.2. The maximum atomic E-state index is 11.4. The van der Waals surface area contributed by atoms with Crippen LogP contribution in [0.5, 0.6) is 0 Å². The number of carbonyl (C=O) groups excluding carboxylic acids is 1. The fraction of sp³-hybridized carbons (Fsp3) is 0.889. The van der Waals surface area contributed by atoms with E-state index in [0.717, 1.165) is 0 Å². The lowest BCUT2D eigenvalue weighted by atomic mass is 10.5. The fourth-order valence-corrected chi connectivity index (χ4v) is 1.88. The van der Waals surface area contributed by atoms with Gasteiger partial charge in [0, 0.05) is 30.3 Å². The monoisotopic (exact) mass is 238 g/mol. The van der Waals surface area contributed by atoms with Crippen LogP contribution in [0, 0.1) is 0 Å². The van der Waals surface area contributed by atoms with Crippen molar-refractivity contribution >= 4 is 16.8 Å². The van der Waals surface area contributed by atoms with Gasteiger partial charge in [-0.25, -0.2) is 0 Å². The molecule has 0 bridgehead atoms. The van der Waals surface area contributed by atoms with Crippen molar-refractivity contribution in [2.45, 2.75) is 18.6 Å². The Morgan fingerprint density at radius 2 is 2.13 bits per heavy atom. The minimum atomic E-state index is -1.28. The molecule has 6 heteroatoms. The number of ether oxygens (including phenoxy) is 2. The Morgan fingerprint density at radius 1 is 1.47 bits per heavy atom. The van der Waals surface area contributed by atoms with E-state index < -0.39 is 22.0 Å². The van der Waals surface area contributed by atoms with Crippen LogP contribution in [0.15, 0.2) is 0 Å². The Kier molecular flexibility index (Phi) is 8.55. The summed E-state index contributed by atoms with van der Waals surface area (Å²) in [5.74, 6) is -0.167. The number of rotatable bonds is 8. The molecule has 1 N–H and O–H groups in total. The molecule has 90 valence electrons. The maximum absolute atomic E-state index is 11.4. The number of esters is 1. The number of methoxy groups -OCH3 is 1. The number of aliphatic hydroxyl groups excluding tert-OH is 1. The van der Waals surface area contributed by atoms with Crippen molar-refractivity contribution in [2.75, 3.05) is 32.7 Å². The largest absolute Gasteiger partial charge is 0.462 e. The third-order valence-corrected chi connectivity index (χ3v) is 3.43. The van der Waals surface area contributed by atoms with Gasteiger partial charge in [-0.05, 0) is 13.3 Å². The first-order valence-corrected chi connectivity index (χ1v) is 6.15. The van der Waals surface area contributed by atoms with Gasteiger partial charge in [-0.15, -0.1) is 0 Å². The van der Waals surface area contributed by atoms with Gasteiger partial charge in [0.1, 0.15) is 11.9 Å². The van der Waals surface area contributed by atoms with Crippen LogP contribution in [0.2, 0.25) is 0 Å². The Hall–Kier alpha value is -0.460. The van der Waals surface area contributed by atoms with Gasteiger partial charge < -0.3 is 14.6 Å². The molecule has 0 aromatic rings. The first-order chi connectivity index (χ1) is 7.13. The average Bonchev–Trinajstić information content (AvgIpc) is 2.24. The van der Waals surface area contributed by atoms with E-state index in [1.165, 1.54) is 7.11 Å². The molecule has 0 spiro atoms. The van der Waals surface area contributed by atoms with Gasteiger partial charge in [0.05, 0.1) is 6.61 Å². The molecule has 0 aromatic heterocycles. The lowest BCUT2D eigenvalue weighted by molar-refractivity contribution is -0.143. The predicted molar refractivity (Wildman–Crippen MR) is 57.0 cm³/mol. The van der Waals surface area contributed by atoms with Crippen molar-refractivity contribution in [3.8, 4) is 0 Å². The molecule has 15 heavy (non-hydrogen) atoms. The fourth-order valence-electron chi connectivity index (χ4n) is 0.834. The van der Waals surface area contributed by atoms with Gasteiger partial charge >= 0.3 is 5.97 Å². The van der Waals surface area contributed by atoms with Gasteiger partial charge in [-0.3, -0.25) is 9.00 Å². The topological polar surface area (TPSA) is 72.8 Å². The molecule has 5 nitrogen and oxygen atoms in total. The molecule has 0 saturated carbocycles. The second-order valence-corrected chi connectivity index (χ2v) is 4.84. The summed E-state index contributed by atoms with van der Waals surface area (Å²) in [6.45, 7) is 2.05. The van der Waals surface area contributed by atoms with E-state index in [2.05, 4.69) is 0 Å². The molecule has 2 unspecified atom stereocenters. The highest BCUT2D eigenvalue weighted by Crippen LogP contribution is 2.01. The van der Waals surface area contributed by atoms with Crippen LogP contribution in [0.1, 0.15) is 13.3 Å². The summed E-state index contributed by atoms with van der Waals surface area (Å²) < 4.78 is 21.0. The maximum Gasteiger partial charge on any atom is 0.321 e. The number of hydrogen-bond acceptors (Lipinski definition) is 5. The molecule has 0 aromatic carbocycles. The van der Waals surface area contributed by atoms with E-state index in [1.807, 2.05) is 0 Å². The van der Waals surface area contributed by atoms with Gasteiger partial charge in [0.2, 0.25) is 0 Å². The zero-order valence-corrected chi connectivity index (χ0v) is 9.92.